The van der Waals surface area contributed by atoms with E-state index >= 15 is 0 Å². The quantitative estimate of drug-likeness (QED) is 0.682. The van der Waals surface area contributed by atoms with Gasteiger partial charge in [-0.3, -0.25) is 0 Å². The number of carbonyl (C=O) groups excluding carboxylic acids is 1. The van der Waals surface area contributed by atoms with Gasteiger partial charge in [-0.15, -0.1) is 12.4 Å². The van der Waals surface area contributed by atoms with Crippen molar-refractivity contribution < 1.29 is 9.53 Å². The van der Waals surface area contributed by atoms with Gasteiger partial charge in [-0.25, -0.2) is 9.78 Å². The summed E-state index contributed by atoms with van der Waals surface area (Å²) in [5, 5.41) is 0. The lowest BCUT2D eigenvalue weighted by Crippen LogP contribution is -2.08. The highest BCUT2D eigenvalue weighted by Crippen LogP contribution is 2.35. The van der Waals surface area contributed by atoms with E-state index in [0.29, 0.717) is 11.7 Å². The number of ether oxygens (including phenoxy) is 1. The summed E-state index contributed by atoms with van der Waals surface area (Å²) in [5.41, 5.74) is 0.556. The highest BCUT2D eigenvalue weighted by atomic mass is 35.5. The predicted molar refractivity (Wildman–Crippen MR) is 49.1 cm³/mol. The molecule has 13 heavy (non-hydrogen) atoms. The molecule has 4 nitrogen and oxygen atoms in total. The summed E-state index contributed by atoms with van der Waals surface area (Å²) in [7, 11) is 1.38. The Balaban J connectivity index is 0.000000845. The number of aromatic nitrogens is 2. The van der Waals surface area contributed by atoms with Crippen molar-refractivity contribution in [3.63, 3.8) is 0 Å². The standard InChI is InChI=1S/C8H10N2O2.ClH/c1-12-8(11)7-4-9-5-10(7)6-2-3-6;/h4-6H,2-3H2,1H3;1H. The van der Waals surface area contributed by atoms with Gasteiger partial charge >= 0.3 is 5.97 Å². The summed E-state index contributed by atoms with van der Waals surface area (Å²) in [6.45, 7) is 0. The van der Waals surface area contributed by atoms with Crippen molar-refractivity contribution in [1.29, 1.82) is 0 Å². The first-order valence-corrected chi connectivity index (χ1v) is 3.93. The van der Waals surface area contributed by atoms with E-state index in [1.807, 2.05) is 4.57 Å². The van der Waals surface area contributed by atoms with Crippen molar-refractivity contribution in [2.45, 2.75) is 18.9 Å². The van der Waals surface area contributed by atoms with Crippen LogP contribution in [-0.2, 0) is 4.74 Å². The lowest BCUT2D eigenvalue weighted by Gasteiger charge is -2.02. The van der Waals surface area contributed by atoms with E-state index < -0.39 is 0 Å². The largest absolute Gasteiger partial charge is 0.464 e. The Hall–Kier alpha value is -1.03. The van der Waals surface area contributed by atoms with Crippen molar-refractivity contribution in [1.82, 2.24) is 9.55 Å². The summed E-state index contributed by atoms with van der Waals surface area (Å²) in [6.07, 6.45) is 5.51. The zero-order valence-corrected chi connectivity index (χ0v) is 8.08. The molecule has 0 bridgehead atoms. The average Bonchev–Trinajstić information content (AvgIpc) is 2.83. The molecule has 0 spiro atoms. The predicted octanol–water partition coefficient (Wildman–Crippen LogP) is 1.43. The van der Waals surface area contributed by atoms with Crippen molar-refractivity contribution in [2.24, 2.45) is 0 Å². The Kier molecular flexibility index (Phi) is 2.93. The molecule has 1 fully saturated rings. The number of methoxy groups -OCH3 is 1. The SMILES string of the molecule is COC(=O)c1cncn1C1CC1.Cl. The number of halogens is 1. The van der Waals surface area contributed by atoms with Gasteiger partial charge in [0.25, 0.3) is 0 Å². The minimum atomic E-state index is -0.306. The van der Waals surface area contributed by atoms with Gasteiger partial charge in [0.2, 0.25) is 0 Å². The van der Waals surface area contributed by atoms with E-state index in [-0.39, 0.29) is 18.4 Å². The summed E-state index contributed by atoms with van der Waals surface area (Å²) in [5.74, 6) is -0.306. The Morgan fingerprint density at radius 2 is 2.38 bits per heavy atom. The molecule has 0 atom stereocenters. The van der Waals surface area contributed by atoms with E-state index in [0.717, 1.165) is 12.8 Å². The Bertz CT molecular complexity index is 307. The Morgan fingerprint density at radius 1 is 1.69 bits per heavy atom. The summed E-state index contributed by atoms with van der Waals surface area (Å²) in [6, 6.07) is 0.474. The first-order valence-electron chi connectivity index (χ1n) is 3.93. The van der Waals surface area contributed by atoms with Gasteiger partial charge in [-0.1, -0.05) is 0 Å². The maximum absolute atomic E-state index is 11.1. The molecule has 1 aromatic rings. The highest BCUT2D eigenvalue weighted by molar-refractivity contribution is 5.87. The van der Waals surface area contributed by atoms with Crippen LogP contribution in [0.3, 0.4) is 0 Å². The Labute approximate surface area is 82.3 Å². The third-order valence-electron chi connectivity index (χ3n) is 2.00. The van der Waals surface area contributed by atoms with Crippen LogP contribution in [0.15, 0.2) is 12.5 Å². The fourth-order valence-corrected chi connectivity index (χ4v) is 1.21. The van der Waals surface area contributed by atoms with Crippen LogP contribution in [0.2, 0.25) is 0 Å². The van der Waals surface area contributed by atoms with Crippen LogP contribution < -0.4 is 0 Å². The van der Waals surface area contributed by atoms with Gasteiger partial charge in [0.15, 0.2) is 0 Å². The molecule has 1 heterocycles. The third-order valence-corrected chi connectivity index (χ3v) is 2.00. The third kappa shape index (κ3) is 1.83. The zero-order valence-electron chi connectivity index (χ0n) is 7.27. The molecule has 0 aliphatic heterocycles. The molecule has 1 aromatic heterocycles. The van der Waals surface area contributed by atoms with Crippen LogP contribution in [0.5, 0.6) is 0 Å². The van der Waals surface area contributed by atoms with Gasteiger partial charge in [-0.05, 0) is 12.8 Å². The molecule has 0 radical (unpaired) electrons. The monoisotopic (exact) mass is 202 g/mol. The molecule has 72 valence electrons. The highest BCUT2D eigenvalue weighted by Gasteiger charge is 2.27. The van der Waals surface area contributed by atoms with E-state index in [1.165, 1.54) is 7.11 Å². The molecule has 1 aliphatic carbocycles. The maximum atomic E-state index is 11.1. The molecule has 1 aliphatic rings. The lowest BCUT2D eigenvalue weighted by molar-refractivity contribution is 0.0588. The molecule has 0 unspecified atom stereocenters. The number of hydrogen-bond donors (Lipinski definition) is 0. The van der Waals surface area contributed by atoms with Gasteiger partial charge in [-0.2, -0.15) is 0 Å². The number of hydrogen-bond acceptors (Lipinski definition) is 3. The summed E-state index contributed by atoms with van der Waals surface area (Å²) in [4.78, 5) is 15.1. The first-order chi connectivity index (χ1) is 5.83. The van der Waals surface area contributed by atoms with Gasteiger partial charge in [0.1, 0.15) is 5.69 Å². The average molecular weight is 203 g/mol. The molecule has 0 aromatic carbocycles. The molecular weight excluding hydrogens is 192 g/mol. The minimum absolute atomic E-state index is 0. The number of nitrogens with zero attached hydrogens (tertiary/aromatic N) is 2. The van der Waals surface area contributed by atoms with E-state index in [1.54, 1.807) is 12.5 Å². The van der Waals surface area contributed by atoms with Gasteiger partial charge in [0.05, 0.1) is 19.6 Å². The smallest absolute Gasteiger partial charge is 0.356 e. The van der Waals surface area contributed by atoms with Crippen LogP contribution in [0.25, 0.3) is 0 Å². The lowest BCUT2D eigenvalue weighted by atomic mass is 10.4. The number of carbonyl (C=O) groups is 1. The van der Waals surface area contributed by atoms with E-state index in [2.05, 4.69) is 9.72 Å². The summed E-state index contributed by atoms with van der Waals surface area (Å²) >= 11 is 0. The summed E-state index contributed by atoms with van der Waals surface area (Å²) < 4.78 is 6.49. The van der Waals surface area contributed by atoms with Crippen molar-refractivity contribution >= 4 is 18.4 Å². The maximum Gasteiger partial charge on any atom is 0.356 e. The Morgan fingerprint density at radius 3 is 2.92 bits per heavy atom. The van der Waals surface area contributed by atoms with E-state index in [4.69, 9.17) is 0 Å². The fraction of sp³-hybridized carbons (Fsp3) is 0.500. The molecular formula is C8H11ClN2O2. The second-order valence-electron chi connectivity index (χ2n) is 2.91. The van der Waals surface area contributed by atoms with Gasteiger partial charge < -0.3 is 9.30 Å². The van der Waals surface area contributed by atoms with Crippen molar-refractivity contribution in [2.75, 3.05) is 7.11 Å². The molecule has 0 amide bonds. The molecule has 5 heteroatoms. The van der Waals surface area contributed by atoms with Crippen LogP contribution >= 0.6 is 12.4 Å². The number of imidazole rings is 1. The molecule has 1 saturated carbocycles. The molecule has 0 N–H and O–H groups in total. The van der Waals surface area contributed by atoms with Crippen LogP contribution in [0.4, 0.5) is 0 Å². The van der Waals surface area contributed by atoms with Crippen molar-refractivity contribution in [3.8, 4) is 0 Å². The number of esters is 1. The fourth-order valence-electron chi connectivity index (χ4n) is 1.21. The van der Waals surface area contributed by atoms with Crippen LogP contribution in [0.1, 0.15) is 29.4 Å². The topological polar surface area (TPSA) is 44.1 Å². The van der Waals surface area contributed by atoms with Gasteiger partial charge in [0, 0.05) is 6.04 Å². The van der Waals surface area contributed by atoms with E-state index in [9.17, 15) is 4.79 Å². The molecule has 2 rings (SSSR count). The van der Waals surface area contributed by atoms with Crippen molar-refractivity contribution in [3.05, 3.63) is 18.2 Å². The van der Waals surface area contributed by atoms with Crippen LogP contribution in [0, 0.1) is 0 Å². The minimum Gasteiger partial charge on any atom is -0.464 e. The van der Waals surface area contributed by atoms with Crippen LogP contribution in [-0.4, -0.2) is 22.6 Å². The number of rotatable bonds is 2. The first kappa shape index (κ1) is 10.1. The normalized spacial score (nSPS) is 14.8. The second kappa shape index (κ2) is 3.79. The molecule has 0 saturated heterocycles. The zero-order chi connectivity index (χ0) is 8.55. The second-order valence-corrected chi connectivity index (χ2v) is 2.91.